The third kappa shape index (κ3) is 4.90. The summed E-state index contributed by atoms with van der Waals surface area (Å²) >= 11 is 0. The highest BCUT2D eigenvalue weighted by atomic mass is 16.3. The first-order chi connectivity index (χ1) is 30.9. The van der Waals surface area contributed by atoms with Gasteiger partial charge in [0.1, 0.15) is 11.2 Å². The second-order valence-corrected chi connectivity index (χ2v) is 12.9. The fourth-order valence-corrected chi connectivity index (χ4v) is 7.34. The Morgan fingerprint density at radius 3 is 1.72 bits per heavy atom. The lowest BCUT2D eigenvalue weighted by Crippen LogP contribution is -2.00. The molecule has 5 heteroatoms. The maximum absolute atomic E-state index is 8.68. The van der Waals surface area contributed by atoms with Crippen molar-refractivity contribution >= 4 is 54.5 Å². The maximum atomic E-state index is 8.68. The number of para-hydroxylation sites is 2. The van der Waals surface area contributed by atoms with Crippen LogP contribution in [0.2, 0.25) is 0 Å². The van der Waals surface area contributed by atoms with Gasteiger partial charge in [0.15, 0.2) is 17.5 Å². The third-order valence-electron chi connectivity index (χ3n) is 9.80. The third-order valence-corrected chi connectivity index (χ3v) is 9.80. The number of aromatic nitrogens is 4. The Hall–Kier alpha value is -7.37. The van der Waals surface area contributed by atoms with Crippen LogP contribution in [0.1, 0.15) is 13.7 Å². The molecule has 0 aliphatic rings. The summed E-state index contributed by atoms with van der Waals surface area (Å²) in [6, 6.07) is 34.6. The molecule has 3 heterocycles. The molecule has 0 aliphatic carbocycles. The fraction of sp³-hybridized carbons (Fsp3) is 0. The normalized spacial score (nSPS) is 14.3. The van der Waals surface area contributed by atoms with Crippen LogP contribution in [0.5, 0.6) is 0 Å². The molecule has 11 aromatic rings. The molecule has 0 spiro atoms. The number of hydrogen-bond acceptors (Lipinski definition) is 4. The Balaban J connectivity index is 1.13. The van der Waals surface area contributed by atoms with Crippen LogP contribution >= 0.6 is 0 Å². The second kappa shape index (κ2) is 12.1. The molecule has 54 heavy (non-hydrogen) atoms. The predicted molar refractivity (Wildman–Crippen MR) is 221 cm³/mol. The van der Waals surface area contributed by atoms with Crippen LogP contribution in [0.15, 0.2) is 186 Å². The van der Waals surface area contributed by atoms with Crippen LogP contribution in [0.3, 0.4) is 0 Å². The summed E-state index contributed by atoms with van der Waals surface area (Å²) in [5, 5.41) is 6.38. The van der Waals surface area contributed by atoms with E-state index in [2.05, 4.69) is 68.0 Å². The quantitative estimate of drug-likeness (QED) is 0.179. The van der Waals surface area contributed by atoms with Crippen LogP contribution in [0, 0.1) is 0 Å². The molecule has 0 radical (unpaired) electrons. The Bertz CT molecular complexity index is 3660. The minimum atomic E-state index is -0.611. The lowest BCUT2D eigenvalue weighted by molar-refractivity contribution is 0.670. The number of benzene rings is 8. The van der Waals surface area contributed by atoms with Crippen molar-refractivity contribution in [2.75, 3.05) is 0 Å². The van der Waals surface area contributed by atoms with E-state index in [0.717, 1.165) is 65.7 Å². The van der Waals surface area contributed by atoms with E-state index in [4.69, 9.17) is 18.1 Å². The lowest BCUT2D eigenvalue weighted by Gasteiger charge is -2.13. The van der Waals surface area contributed by atoms with Gasteiger partial charge in [-0.25, -0.2) is 15.0 Å². The summed E-state index contributed by atoms with van der Waals surface area (Å²) in [6.45, 7) is 0. The van der Waals surface area contributed by atoms with E-state index in [0.29, 0.717) is 11.1 Å². The van der Waals surface area contributed by atoms with E-state index in [-0.39, 0.29) is 28.6 Å². The van der Waals surface area contributed by atoms with Crippen LogP contribution < -0.4 is 0 Å². The first-order valence-corrected chi connectivity index (χ1v) is 17.3. The molecule has 11 rings (SSSR count). The molecule has 0 N–H and O–H groups in total. The highest BCUT2D eigenvalue weighted by Gasteiger charge is 2.19. The lowest BCUT2D eigenvalue weighted by atomic mass is 9.99. The van der Waals surface area contributed by atoms with E-state index in [9.17, 15) is 0 Å². The van der Waals surface area contributed by atoms with Crippen LogP contribution in [-0.4, -0.2) is 19.5 Å². The molecule has 0 fully saturated rings. The molecule has 0 saturated carbocycles. The van der Waals surface area contributed by atoms with Crippen molar-refractivity contribution in [2.45, 2.75) is 0 Å². The molecule has 0 amide bonds. The van der Waals surface area contributed by atoms with E-state index in [1.165, 1.54) is 0 Å². The summed E-state index contributed by atoms with van der Waals surface area (Å²) < 4.78 is 93.2. The minimum absolute atomic E-state index is 0.0229. The maximum Gasteiger partial charge on any atom is 0.164 e. The number of fused-ring (bicyclic) bond motifs is 7. The van der Waals surface area contributed by atoms with Crippen molar-refractivity contribution < 1.29 is 18.1 Å². The van der Waals surface area contributed by atoms with Gasteiger partial charge in [-0.1, -0.05) is 145 Å². The van der Waals surface area contributed by atoms with Crippen molar-refractivity contribution in [1.29, 1.82) is 0 Å². The van der Waals surface area contributed by atoms with Gasteiger partial charge in [0, 0.05) is 49.5 Å². The highest BCUT2D eigenvalue weighted by molar-refractivity contribution is 6.15. The van der Waals surface area contributed by atoms with E-state index < -0.39 is 60.4 Å². The Morgan fingerprint density at radius 2 is 1.02 bits per heavy atom. The van der Waals surface area contributed by atoms with E-state index in [1.807, 2.05) is 60.7 Å². The monoisotopic (exact) mass is 700 g/mol. The number of furan rings is 1. The molecule has 0 saturated heterocycles. The molecular weight excluding hydrogens is 661 g/mol. The van der Waals surface area contributed by atoms with Crippen molar-refractivity contribution in [1.82, 2.24) is 19.5 Å². The number of hydrogen-bond donors (Lipinski definition) is 0. The zero-order valence-electron chi connectivity index (χ0n) is 38.2. The van der Waals surface area contributed by atoms with Gasteiger partial charge in [-0.05, 0) is 52.7 Å². The number of nitrogens with zero attached hydrogens (tertiary/aromatic N) is 4. The van der Waals surface area contributed by atoms with Gasteiger partial charge in [-0.2, -0.15) is 0 Å². The molecule has 5 nitrogen and oxygen atoms in total. The van der Waals surface area contributed by atoms with Gasteiger partial charge in [0.2, 0.25) is 0 Å². The topological polar surface area (TPSA) is 56.7 Å². The first-order valence-electron chi connectivity index (χ1n) is 22.3. The Morgan fingerprint density at radius 1 is 0.444 bits per heavy atom. The zero-order chi connectivity index (χ0) is 44.3. The summed E-state index contributed by atoms with van der Waals surface area (Å²) in [6.07, 6.45) is 0. The minimum Gasteiger partial charge on any atom is -0.455 e. The molecule has 8 aromatic carbocycles. The fourth-order valence-electron chi connectivity index (χ4n) is 7.34. The number of rotatable bonds is 5. The van der Waals surface area contributed by atoms with Crippen molar-refractivity contribution in [2.24, 2.45) is 0 Å². The van der Waals surface area contributed by atoms with Gasteiger partial charge in [0.25, 0.3) is 0 Å². The zero-order valence-corrected chi connectivity index (χ0v) is 28.2. The van der Waals surface area contributed by atoms with Crippen molar-refractivity contribution in [3.05, 3.63) is 182 Å². The molecule has 3 aromatic heterocycles. The summed E-state index contributed by atoms with van der Waals surface area (Å²) in [4.78, 5) is 13.6. The standard InChI is InChI=1S/C49H30N4O/c1-3-13-32(14-4-1)47-50-48(33-15-5-2-6-16-33)52-49(51-47)34-25-23-31(24-26-34)40-29-37(30-42-39-20-10-12-22-45(39)54-46(40)42)53-43-21-11-9-19-38(43)41-27-35-17-7-8-18-36(35)28-44(41)53/h1-30H/i1D,2D,3D,4D,5D,6D,13D,14D,15D,16D. The van der Waals surface area contributed by atoms with Crippen molar-refractivity contribution in [3.63, 3.8) is 0 Å². The summed E-state index contributed by atoms with van der Waals surface area (Å²) in [7, 11) is 0. The van der Waals surface area contributed by atoms with Gasteiger partial charge in [-0.15, -0.1) is 0 Å². The van der Waals surface area contributed by atoms with E-state index in [1.54, 1.807) is 12.1 Å². The second-order valence-electron chi connectivity index (χ2n) is 12.9. The SMILES string of the molecule is [2H]c1c([2H])c([2H])c(-c2nc(-c3ccc(-c4cc(-n5c6ccccc6c6cc7ccccc7cc65)cc5c4oc4ccccc45)cc3)nc(-c3c([2H])c([2H])c([2H])c([2H])c3[2H])n2)c([2H])c1[2H]. The average molecular weight is 701 g/mol. The molecule has 0 unspecified atom stereocenters. The molecule has 0 aliphatic heterocycles. The molecule has 0 atom stereocenters. The predicted octanol–water partition coefficient (Wildman–Crippen LogP) is 12.7. The van der Waals surface area contributed by atoms with Crippen molar-refractivity contribution in [3.8, 4) is 51.0 Å². The van der Waals surface area contributed by atoms with Gasteiger partial charge in [0.05, 0.1) is 24.7 Å². The molecule has 0 bridgehead atoms. The van der Waals surface area contributed by atoms with Crippen LogP contribution in [0.25, 0.3) is 105 Å². The Kier molecular flexibility index (Phi) is 4.90. The average Bonchev–Trinajstić information content (AvgIpc) is 3.85. The molecule has 252 valence electrons. The van der Waals surface area contributed by atoms with Gasteiger partial charge in [-0.3, -0.25) is 0 Å². The Labute approximate surface area is 324 Å². The summed E-state index contributed by atoms with van der Waals surface area (Å²) in [5.41, 5.74) is 5.76. The van der Waals surface area contributed by atoms with Crippen LogP contribution in [-0.2, 0) is 0 Å². The van der Waals surface area contributed by atoms with E-state index >= 15 is 0 Å². The van der Waals surface area contributed by atoms with Crippen LogP contribution in [0.4, 0.5) is 0 Å². The largest absolute Gasteiger partial charge is 0.455 e. The highest BCUT2D eigenvalue weighted by Crippen LogP contribution is 2.41. The first kappa shape index (κ1) is 21.9. The smallest absolute Gasteiger partial charge is 0.164 e. The van der Waals surface area contributed by atoms with Gasteiger partial charge >= 0.3 is 0 Å². The van der Waals surface area contributed by atoms with Gasteiger partial charge < -0.3 is 8.98 Å². The summed E-state index contributed by atoms with van der Waals surface area (Å²) in [5.74, 6) is -0.683. The molecular formula is C49H30N4O.